The van der Waals surface area contributed by atoms with Gasteiger partial charge in [0.2, 0.25) is 0 Å². The van der Waals surface area contributed by atoms with E-state index in [-0.39, 0.29) is 0 Å². The molecule has 0 heterocycles. The molecule has 0 aromatic rings. The summed E-state index contributed by atoms with van der Waals surface area (Å²) in [6, 6.07) is 0. The Labute approximate surface area is 159 Å². The van der Waals surface area contributed by atoms with Gasteiger partial charge in [-0.25, -0.2) is 0 Å². The second-order valence-electron chi connectivity index (χ2n) is 9.18. The molecule has 140 valence electrons. The van der Waals surface area contributed by atoms with Gasteiger partial charge >= 0.3 is 160 Å². The van der Waals surface area contributed by atoms with E-state index in [9.17, 15) is 4.79 Å². The van der Waals surface area contributed by atoms with Crippen LogP contribution in [0.1, 0.15) is 65.2 Å². The predicted octanol–water partition coefficient (Wildman–Crippen LogP) is 7.01. The summed E-state index contributed by atoms with van der Waals surface area (Å²) < 4.78 is 5.92. The molecule has 0 aromatic carbocycles. The molecule has 2 unspecified atom stereocenters. The standard InChI is InChI=1S/2C9H11.C2H3O.C2H5.C2H4.Zr/c2*1-2-5-9-7-3-6-8(9)4-1;1-2-3;2*1-2;/h2*3,6-7H,1-2,4-5H2;2H,1H2;1H2,2H3;1H,2H3;. The number of rotatable bonds is 5. The van der Waals surface area contributed by atoms with Gasteiger partial charge in [-0.2, -0.15) is 0 Å². The van der Waals surface area contributed by atoms with E-state index in [1.807, 2.05) is 0 Å². The summed E-state index contributed by atoms with van der Waals surface area (Å²) in [5, 5.41) is 0. The van der Waals surface area contributed by atoms with Crippen LogP contribution < -0.4 is 0 Å². The van der Waals surface area contributed by atoms with E-state index in [1.165, 1.54) is 61.8 Å². The summed E-state index contributed by atoms with van der Waals surface area (Å²) in [6.45, 7) is 4.74. The van der Waals surface area contributed by atoms with Crippen LogP contribution >= 0.6 is 0 Å². The Morgan fingerprint density at radius 3 is 1.85 bits per heavy atom. The minimum atomic E-state index is -3.60. The fourth-order valence-electron chi connectivity index (χ4n) is 6.96. The van der Waals surface area contributed by atoms with Crippen molar-refractivity contribution in [2.24, 2.45) is 0 Å². The van der Waals surface area contributed by atoms with E-state index in [2.05, 4.69) is 41.9 Å². The number of aldehydes is 1. The zero-order valence-electron chi connectivity index (χ0n) is 16.6. The van der Waals surface area contributed by atoms with Crippen molar-refractivity contribution in [3.05, 3.63) is 46.6 Å². The molecule has 2 heteroatoms. The molecule has 0 saturated carbocycles. The van der Waals surface area contributed by atoms with Crippen LogP contribution in [-0.4, -0.2) is 10.00 Å². The molecule has 4 rings (SSSR count). The maximum atomic E-state index is 12.1. The molecule has 0 aromatic heterocycles. The molecular formula is C24H34OZr. The van der Waals surface area contributed by atoms with Crippen molar-refractivity contribution >= 4 is 10.00 Å². The molecule has 0 fully saturated rings. The summed E-state index contributed by atoms with van der Waals surface area (Å²) in [4.78, 5) is 12.1. The van der Waals surface area contributed by atoms with Crippen LogP contribution in [0.3, 0.4) is 0 Å². The zero-order valence-corrected chi connectivity index (χ0v) is 19.1. The Hall–Kier alpha value is -0.617. The van der Waals surface area contributed by atoms with Gasteiger partial charge in [0.15, 0.2) is 0 Å². The Morgan fingerprint density at radius 1 is 0.923 bits per heavy atom. The van der Waals surface area contributed by atoms with Gasteiger partial charge in [0.05, 0.1) is 0 Å². The van der Waals surface area contributed by atoms with Crippen LogP contribution in [0, 0.1) is 0 Å². The molecule has 26 heavy (non-hydrogen) atoms. The minimum absolute atomic E-state index is 0.593. The number of carbonyl (C=O) groups is 1. The van der Waals surface area contributed by atoms with Crippen LogP contribution in [-0.2, 0) is 23.1 Å². The molecule has 0 bridgehead atoms. The van der Waals surface area contributed by atoms with E-state index >= 15 is 0 Å². The second-order valence-corrected chi connectivity index (χ2v) is 26.1. The van der Waals surface area contributed by atoms with Crippen LogP contribution in [0.4, 0.5) is 0 Å². The number of hydrogen-bond donors (Lipinski definition) is 0. The Balaban J connectivity index is 1.92. The first-order chi connectivity index (χ1) is 12.7. The van der Waals surface area contributed by atoms with Crippen molar-refractivity contribution in [2.75, 3.05) is 0 Å². The average molecular weight is 430 g/mol. The molecule has 0 saturated heterocycles. The predicted molar refractivity (Wildman–Crippen MR) is 110 cm³/mol. The topological polar surface area (TPSA) is 17.1 Å². The van der Waals surface area contributed by atoms with Gasteiger partial charge in [-0.3, -0.25) is 0 Å². The van der Waals surface area contributed by atoms with E-state index in [4.69, 9.17) is 0 Å². The van der Waals surface area contributed by atoms with Gasteiger partial charge in [-0.15, -0.1) is 0 Å². The van der Waals surface area contributed by atoms with E-state index in [1.54, 1.807) is 22.3 Å². The normalized spacial score (nSPS) is 28.4. The molecule has 1 nitrogen and oxygen atoms in total. The van der Waals surface area contributed by atoms with Crippen LogP contribution in [0.5, 0.6) is 0 Å². The molecule has 0 N–H and O–H groups in total. The maximum absolute atomic E-state index is 12.1. The SMILES string of the molecule is C[CH]=[Zr]([CH2]C)([CH2]C=O)([CH]1C=CC2=C1CCCC2)[CH]1C=CC2=C1CCCC2. The average Bonchev–Trinajstić information content (AvgIpc) is 3.32. The first-order valence-electron chi connectivity index (χ1n) is 10.9. The van der Waals surface area contributed by atoms with E-state index < -0.39 is 18.3 Å². The summed E-state index contributed by atoms with van der Waals surface area (Å²) >= 11 is -3.60. The van der Waals surface area contributed by atoms with Gasteiger partial charge < -0.3 is 0 Å². The van der Waals surface area contributed by atoms with Crippen molar-refractivity contribution in [1.82, 2.24) is 0 Å². The Morgan fingerprint density at radius 2 is 1.42 bits per heavy atom. The van der Waals surface area contributed by atoms with Crippen molar-refractivity contribution in [3.8, 4) is 0 Å². The van der Waals surface area contributed by atoms with Crippen LogP contribution in [0.2, 0.25) is 15.5 Å². The first-order valence-corrected chi connectivity index (χ1v) is 18.6. The molecular weight excluding hydrogens is 395 g/mol. The van der Waals surface area contributed by atoms with Crippen molar-refractivity contribution < 1.29 is 23.1 Å². The first kappa shape index (κ1) is 18.7. The Kier molecular flexibility index (Phi) is 5.10. The van der Waals surface area contributed by atoms with Crippen LogP contribution in [0.25, 0.3) is 0 Å². The second kappa shape index (κ2) is 7.08. The van der Waals surface area contributed by atoms with Crippen LogP contribution in [0.15, 0.2) is 46.6 Å². The fraction of sp³-hybridized carbons (Fsp3) is 0.583. The molecule has 0 amide bonds. The summed E-state index contributed by atoms with van der Waals surface area (Å²) in [7, 11) is 0. The van der Waals surface area contributed by atoms with Gasteiger partial charge in [0.25, 0.3) is 0 Å². The third-order valence-corrected chi connectivity index (χ3v) is 29.9. The third kappa shape index (κ3) is 2.51. The quantitative estimate of drug-likeness (QED) is 0.429. The van der Waals surface area contributed by atoms with Gasteiger partial charge in [0.1, 0.15) is 0 Å². The van der Waals surface area contributed by atoms with Gasteiger partial charge in [-0.05, 0) is 0 Å². The molecule has 0 radical (unpaired) electrons. The molecule has 2 atom stereocenters. The molecule has 0 spiro atoms. The van der Waals surface area contributed by atoms with E-state index in [0.717, 1.165) is 4.13 Å². The molecule has 4 aliphatic carbocycles. The zero-order chi connectivity index (χ0) is 18.2. The van der Waals surface area contributed by atoms with Gasteiger partial charge in [-0.1, -0.05) is 0 Å². The fourth-order valence-corrected chi connectivity index (χ4v) is 25.3. The monoisotopic (exact) mass is 428 g/mol. The Bertz CT molecular complexity index is 750. The number of allylic oxidation sites excluding steroid dienone is 8. The molecule has 0 aliphatic heterocycles. The third-order valence-electron chi connectivity index (χ3n) is 8.62. The van der Waals surface area contributed by atoms with E-state index in [0.29, 0.717) is 7.25 Å². The summed E-state index contributed by atoms with van der Waals surface area (Å²) in [6.07, 6.45) is 21.7. The van der Waals surface area contributed by atoms with Crippen molar-refractivity contribution in [3.63, 3.8) is 0 Å². The van der Waals surface area contributed by atoms with Gasteiger partial charge in [0, 0.05) is 0 Å². The summed E-state index contributed by atoms with van der Waals surface area (Å²) in [5.41, 5.74) is 6.73. The van der Waals surface area contributed by atoms with Crippen molar-refractivity contribution in [1.29, 1.82) is 0 Å². The molecule has 4 aliphatic rings. The number of hydrogen-bond acceptors (Lipinski definition) is 1. The van der Waals surface area contributed by atoms with Crippen molar-refractivity contribution in [2.45, 2.75) is 80.7 Å². The number of carbonyl (C=O) groups excluding carboxylic acids is 1. The summed E-state index contributed by atoms with van der Waals surface area (Å²) in [5.74, 6) is 0.